The highest BCUT2D eigenvalue weighted by Crippen LogP contribution is 2.27. The van der Waals surface area contributed by atoms with Gasteiger partial charge in [-0.05, 0) is 47.2 Å². The van der Waals surface area contributed by atoms with Crippen molar-refractivity contribution in [1.82, 2.24) is 9.97 Å². The molecule has 2 N–H and O–H groups in total. The van der Waals surface area contributed by atoms with E-state index in [1.807, 2.05) is 25.1 Å². The topological polar surface area (TPSA) is 66.0 Å². The molecular weight excluding hydrogens is 399 g/mol. The first-order valence-corrected chi connectivity index (χ1v) is 6.61. The van der Waals surface area contributed by atoms with Crippen molar-refractivity contribution in [3.05, 3.63) is 42.2 Å². The van der Waals surface area contributed by atoms with Gasteiger partial charge in [-0.3, -0.25) is 4.79 Å². The van der Waals surface area contributed by atoms with Gasteiger partial charge >= 0.3 is 0 Å². The highest BCUT2D eigenvalue weighted by Gasteiger charge is 2.11. The number of hydrogen-bond donors (Lipinski definition) is 2. The molecule has 17 heavy (non-hydrogen) atoms. The number of hydrogen-bond acceptors (Lipinski definition) is 3. The summed E-state index contributed by atoms with van der Waals surface area (Å²) in [5.41, 5.74) is 1.48. The summed E-state index contributed by atoms with van der Waals surface area (Å²) >= 11 is 5.16. The molecule has 88 valence electrons. The highest BCUT2D eigenvalue weighted by atomic mass is 127. The van der Waals surface area contributed by atoms with E-state index in [0.717, 1.165) is 15.6 Å². The van der Waals surface area contributed by atoms with Crippen LogP contribution in [0.2, 0.25) is 0 Å². The highest BCUT2D eigenvalue weighted by molar-refractivity contribution is 14.1. The lowest BCUT2D eigenvalue weighted by atomic mass is 10.1. The smallest absolute Gasteiger partial charge is 0.268 e. The SMILES string of the molecule is Cc1ccc(-c2nc(O)c(I)c(=O)[nH]2)c(Br)c1. The Hall–Kier alpha value is -0.890. The first-order valence-electron chi connectivity index (χ1n) is 4.74. The van der Waals surface area contributed by atoms with Crippen LogP contribution >= 0.6 is 38.5 Å². The summed E-state index contributed by atoms with van der Waals surface area (Å²) in [7, 11) is 0. The summed E-state index contributed by atoms with van der Waals surface area (Å²) in [4.78, 5) is 18.1. The Bertz CT molecular complexity index is 640. The molecule has 0 aliphatic carbocycles. The molecular formula is C11H8BrIN2O2. The van der Waals surface area contributed by atoms with Gasteiger partial charge in [0.05, 0.1) is 0 Å². The number of nitrogens with zero attached hydrogens (tertiary/aromatic N) is 1. The van der Waals surface area contributed by atoms with Crippen LogP contribution < -0.4 is 5.56 Å². The lowest BCUT2D eigenvalue weighted by Gasteiger charge is -2.05. The molecule has 0 unspecified atom stereocenters. The monoisotopic (exact) mass is 406 g/mol. The molecule has 1 aromatic heterocycles. The second-order valence-electron chi connectivity index (χ2n) is 3.54. The number of aryl methyl sites for hydroxylation is 1. The number of halogens is 2. The van der Waals surface area contributed by atoms with Crippen LogP contribution in [0.15, 0.2) is 27.5 Å². The minimum Gasteiger partial charge on any atom is -0.492 e. The molecule has 0 bridgehead atoms. The van der Waals surface area contributed by atoms with Crippen molar-refractivity contribution in [3.63, 3.8) is 0 Å². The van der Waals surface area contributed by atoms with Gasteiger partial charge in [-0.2, -0.15) is 4.98 Å². The van der Waals surface area contributed by atoms with E-state index in [-0.39, 0.29) is 15.0 Å². The van der Waals surface area contributed by atoms with E-state index in [9.17, 15) is 9.90 Å². The van der Waals surface area contributed by atoms with Gasteiger partial charge in [-0.25, -0.2) is 0 Å². The van der Waals surface area contributed by atoms with E-state index in [0.29, 0.717) is 5.82 Å². The minimum absolute atomic E-state index is 0.189. The fourth-order valence-electron chi connectivity index (χ4n) is 1.39. The summed E-state index contributed by atoms with van der Waals surface area (Å²) < 4.78 is 1.01. The summed E-state index contributed by atoms with van der Waals surface area (Å²) in [5.74, 6) is 0.0941. The Labute approximate surface area is 119 Å². The van der Waals surface area contributed by atoms with Gasteiger partial charge in [0.1, 0.15) is 9.39 Å². The van der Waals surface area contributed by atoms with Crippen molar-refractivity contribution in [3.8, 4) is 17.3 Å². The molecule has 1 heterocycles. The molecule has 0 amide bonds. The molecule has 0 radical (unpaired) electrons. The van der Waals surface area contributed by atoms with Crippen molar-refractivity contribution in [1.29, 1.82) is 0 Å². The zero-order valence-corrected chi connectivity index (χ0v) is 12.5. The predicted molar refractivity (Wildman–Crippen MR) is 77.1 cm³/mol. The molecule has 4 nitrogen and oxygen atoms in total. The van der Waals surface area contributed by atoms with Gasteiger partial charge in [0.2, 0.25) is 5.88 Å². The maximum absolute atomic E-state index is 11.5. The fraction of sp³-hybridized carbons (Fsp3) is 0.0909. The van der Waals surface area contributed by atoms with E-state index in [1.54, 1.807) is 22.6 Å². The van der Waals surface area contributed by atoms with Crippen molar-refractivity contribution < 1.29 is 5.11 Å². The van der Waals surface area contributed by atoms with Crippen LogP contribution in [-0.4, -0.2) is 15.1 Å². The lowest BCUT2D eigenvalue weighted by Crippen LogP contribution is -2.12. The van der Waals surface area contributed by atoms with Crippen molar-refractivity contribution in [2.24, 2.45) is 0 Å². The van der Waals surface area contributed by atoms with Crippen LogP contribution in [0.3, 0.4) is 0 Å². The Morgan fingerprint density at radius 2 is 2.18 bits per heavy atom. The zero-order chi connectivity index (χ0) is 12.6. The zero-order valence-electron chi connectivity index (χ0n) is 8.79. The van der Waals surface area contributed by atoms with Gasteiger partial charge in [0.15, 0.2) is 0 Å². The summed E-state index contributed by atoms with van der Waals surface area (Å²) in [6.07, 6.45) is 0. The first-order chi connectivity index (χ1) is 7.99. The molecule has 2 aromatic rings. The third kappa shape index (κ3) is 2.52. The van der Waals surface area contributed by atoms with E-state index >= 15 is 0 Å². The van der Waals surface area contributed by atoms with E-state index in [4.69, 9.17) is 0 Å². The molecule has 0 atom stereocenters. The van der Waals surface area contributed by atoms with E-state index < -0.39 is 0 Å². The van der Waals surface area contributed by atoms with Crippen LogP contribution in [0.1, 0.15) is 5.56 Å². The number of nitrogens with one attached hydrogen (secondary N) is 1. The molecule has 0 fully saturated rings. The number of rotatable bonds is 1. The average Bonchev–Trinajstić information content (AvgIpc) is 2.25. The number of benzene rings is 1. The van der Waals surface area contributed by atoms with Crippen molar-refractivity contribution in [2.75, 3.05) is 0 Å². The molecule has 1 aromatic carbocycles. The molecule has 6 heteroatoms. The third-order valence-electron chi connectivity index (χ3n) is 2.23. The number of H-pyrrole nitrogens is 1. The van der Waals surface area contributed by atoms with Crippen molar-refractivity contribution in [2.45, 2.75) is 6.92 Å². The molecule has 0 aliphatic heterocycles. The van der Waals surface area contributed by atoms with Crippen LogP contribution in [-0.2, 0) is 0 Å². The van der Waals surface area contributed by atoms with Crippen LogP contribution in [0.25, 0.3) is 11.4 Å². The normalized spacial score (nSPS) is 10.5. The van der Waals surface area contributed by atoms with Crippen molar-refractivity contribution >= 4 is 38.5 Å². The molecule has 0 saturated heterocycles. The minimum atomic E-state index is -0.347. The number of aromatic amines is 1. The molecule has 0 aliphatic rings. The van der Waals surface area contributed by atoms with Crippen LogP contribution in [0, 0.1) is 10.5 Å². The molecule has 0 spiro atoms. The first kappa shape index (κ1) is 12.6. The Morgan fingerprint density at radius 3 is 2.76 bits per heavy atom. The number of aromatic nitrogens is 2. The largest absolute Gasteiger partial charge is 0.492 e. The van der Waals surface area contributed by atoms with Gasteiger partial charge < -0.3 is 10.1 Å². The Morgan fingerprint density at radius 1 is 1.47 bits per heavy atom. The summed E-state index contributed by atoms with van der Waals surface area (Å²) in [5, 5.41) is 9.53. The van der Waals surface area contributed by atoms with Gasteiger partial charge in [0, 0.05) is 10.0 Å². The third-order valence-corrected chi connectivity index (χ3v) is 3.85. The maximum Gasteiger partial charge on any atom is 0.268 e. The quantitative estimate of drug-likeness (QED) is 0.715. The van der Waals surface area contributed by atoms with E-state index in [1.165, 1.54) is 0 Å². The van der Waals surface area contributed by atoms with Crippen LogP contribution in [0.4, 0.5) is 0 Å². The standard InChI is InChI=1S/C11H8BrIN2O2/c1-5-2-3-6(7(12)4-5)9-14-10(16)8(13)11(17)15-9/h2-4H,1H3,(H2,14,15,16,17). The Kier molecular flexibility index (Phi) is 3.53. The summed E-state index contributed by atoms with van der Waals surface area (Å²) in [6.45, 7) is 1.97. The second kappa shape index (κ2) is 4.77. The fourth-order valence-corrected chi connectivity index (χ4v) is 2.32. The number of aromatic hydroxyl groups is 1. The second-order valence-corrected chi connectivity index (χ2v) is 5.47. The maximum atomic E-state index is 11.5. The predicted octanol–water partition coefficient (Wildman–Crippen LogP) is 2.82. The lowest BCUT2D eigenvalue weighted by molar-refractivity contribution is 0.447. The Balaban J connectivity index is 2.65. The summed E-state index contributed by atoms with van der Waals surface area (Å²) in [6, 6.07) is 5.67. The van der Waals surface area contributed by atoms with Gasteiger partial charge in [-0.1, -0.05) is 22.0 Å². The molecule has 0 saturated carbocycles. The molecule has 2 rings (SSSR count). The van der Waals surface area contributed by atoms with E-state index in [2.05, 4.69) is 25.9 Å². The van der Waals surface area contributed by atoms with Gasteiger partial charge in [-0.15, -0.1) is 0 Å². The van der Waals surface area contributed by atoms with Crippen LogP contribution in [0.5, 0.6) is 5.88 Å². The average molecular weight is 407 g/mol. The van der Waals surface area contributed by atoms with Gasteiger partial charge in [0.25, 0.3) is 5.56 Å².